The summed E-state index contributed by atoms with van der Waals surface area (Å²) in [6.07, 6.45) is 1.92. The van der Waals surface area contributed by atoms with E-state index in [-0.39, 0.29) is 9.77 Å². The SMILES string of the molecule is Cc1c(-n2ccc3ccccc32)sc(C(=O)O)c1-c1ccc(S(N)(=O)=O)cc1. The minimum absolute atomic E-state index is 0.0161. The van der Waals surface area contributed by atoms with Crippen LogP contribution in [0.4, 0.5) is 0 Å². The van der Waals surface area contributed by atoms with Gasteiger partial charge in [-0.25, -0.2) is 18.4 Å². The molecule has 28 heavy (non-hydrogen) atoms. The van der Waals surface area contributed by atoms with Crippen molar-refractivity contribution >= 4 is 38.2 Å². The highest BCUT2D eigenvalue weighted by Gasteiger charge is 2.23. The third-order valence-corrected chi connectivity index (χ3v) is 6.81. The molecule has 0 atom stereocenters. The molecule has 0 saturated heterocycles. The van der Waals surface area contributed by atoms with Gasteiger partial charge >= 0.3 is 5.97 Å². The molecule has 0 aliphatic heterocycles. The number of rotatable bonds is 4. The van der Waals surface area contributed by atoms with E-state index < -0.39 is 16.0 Å². The molecule has 3 N–H and O–H groups in total. The second-order valence-electron chi connectivity index (χ2n) is 6.36. The van der Waals surface area contributed by atoms with Crippen LogP contribution in [0.1, 0.15) is 15.2 Å². The lowest BCUT2D eigenvalue weighted by Crippen LogP contribution is -2.11. The molecule has 6 nitrogen and oxygen atoms in total. The number of para-hydroxylation sites is 1. The zero-order chi connectivity index (χ0) is 20.1. The zero-order valence-electron chi connectivity index (χ0n) is 14.8. The van der Waals surface area contributed by atoms with E-state index in [1.807, 2.05) is 48.0 Å². The number of hydrogen-bond acceptors (Lipinski definition) is 4. The van der Waals surface area contributed by atoms with Gasteiger partial charge in [-0.2, -0.15) is 0 Å². The summed E-state index contributed by atoms with van der Waals surface area (Å²) in [5.41, 5.74) is 3.00. The standard InChI is InChI=1S/C20H16N2O4S2/c1-12-17(14-6-8-15(9-7-14)28(21,25)26)18(20(23)24)27-19(12)22-11-10-13-4-2-3-5-16(13)22/h2-11H,1H3,(H,23,24)(H2,21,25,26). The second kappa shape index (κ2) is 6.59. The molecule has 0 radical (unpaired) electrons. The molecule has 2 heterocycles. The molecule has 0 aliphatic rings. The highest BCUT2D eigenvalue weighted by molar-refractivity contribution is 7.89. The van der Waals surface area contributed by atoms with Gasteiger partial charge in [0.15, 0.2) is 0 Å². The van der Waals surface area contributed by atoms with Gasteiger partial charge in [-0.3, -0.25) is 0 Å². The molecule has 0 amide bonds. The topological polar surface area (TPSA) is 102 Å². The lowest BCUT2D eigenvalue weighted by Gasteiger charge is -2.07. The molecule has 2 aromatic carbocycles. The van der Waals surface area contributed by atoms with Crippen LogP contribution in [0.2, 0.25) is 0 Å². The van der Waals surface area contributed by atoms with Crippen LogP contribution in [0.5, 0.6) is 0 Å². The number of fused-ring (bicyclic) bond motifs is 1. The predicted octanol–water partition coefficient (Wildman–Crippen LogP) is 4.01. The number of carboxylic acids is 1. The number of aromatic nitrogens is 1. The van der Waals surface area contributed by atoms with Crippen LogP contribution >= 0.6 is 11.3 Å². The lowest BCUT2D eigenvalue weighted by atomic mass is 10.0. The summed E-state index contributed by atoms with van der Waals surface area (Å²) in [6.45, 7) is 1.87. The fourth-order valence-electron chi connectivity index (χ4n) is 3.30. The van der Waals surface area contributed by atoms with Crippen LogP contribution in [-0.2, 0) is 10.0 Å². The Bertz CT molecular complexity index is 1320. The lowest BCUT2D eigenvalue weighted by molar-refractivity contribution is 0.0703. The van der Waals surface area contributed by atoms with Crippen LogP contribution in [0.15, 0.2) is 65.7 Å². The average molecular weight is 412 g/mol. The van der Waals surface area contributed by atoms with Gasteiger partial charge in [0.05, 0.1) is 10.4 Å². The van der Waals surface area contributed by atoms with Gasteiger partial charge in [0, 0.05) is 11.8 Å². The van der Waals surface area contributed by atoms with Crippen LogP contribution in [0.25, 0.3) is 27.0 Å². The molecule has 4 aromatic rings. The fraction of sp³-hybridized carbons (Fsp3) is 0.0500. The van der Waals surface area contributed by atoms with Crippen molar-refractivity contribution in [2.45, 2.75) is 11.8 Å². The van der Waals surface area contributed by atoms with Crippen molar-refractivity contribution in [2.75, 3.05) is 0 Å². The van der Waals surface area contributed by atoms with Crippen LogP contribution in [-0.4, -0.2) is 24.1 Å². The quantitative estimate of drug-likeness (QED) is 0.528. The van der Waals surface area contributed by atoms with E-state index in [9.17, 15) is 18.3 Å². The fourth-order valence-corrected chi connectivity index (χ4v) is 4.98. The summed E-state index contributed by atoms with van der Waals surface area (Å²) in [4.78, 5) is 12.1. The number of nitrogens with zero attached hydrogens (tertiary/aromatic N) is 1. The van der Waals surface area contributed by atoms with Crippen molar-refractivity contribution in [2.24, 2.45) is 5.14 Å². The Morgan fingerprint density at radius 3 is 2.39 bits per heavy atom. The number of thiophene rings is 1. The van der Waals surface area contributed by atoms with Crippen molar-refractivity contribution < 1.29 is 18.3 Å². The Kier molecular flexibility index (Phi) is 4.34. The molecule has 4 rings (SSSR count). The number of sulfonamides is 1. The molecule has 142 valence electrons. The summed E-state index contributed by atoms with van der Waals surface area (Å²) in [5, 5.41) is 16.8. The predicted molar refractivity (Wildman–Crippen MR) is 110 cm³/mol. The van der Waals surface area contributed by atoms with E-state index in [2.05, 4.69) is 0 Å². The van der Waals surface area contributed by atoms with Gasteiger partial charge in [0.2, 0.25) is 10.0 Å². The number of primary sulfonamides is 1. The van der Waals surface area contributed by atoms with E-state index in [1.54, 1.807) is 12.1 Å². The molecule has 8 heteroatoms. The highest BCUT2D eigenvalue weighted by Crippen LogP contribution is 2.40. The van der Waals surface area contributed by atoms with Gasteiger partial charge in [-0.05, 0) is 47.7 Å². The Morgan fingerprint density at radius 1 is 1.07 bits per heavy atom. The van der Waals surface area contributed by atoms with E-state index in [0.29, 0.717) is 11.1 Å². The van der Waals surface area contributed by atoms with Gasteiger partial charge in [-0.1, -0.05) is 30.3 Å². The van der Waals surface area contributed by atoms with Gasteiger partial charge < -0.3 is 9.67 Å². The van der Waals surface area contributed by atoms with E-state index in [0.717, 1.165) is 21.5 Å². The molecule has 0 bridgehead atoms. The van der Waals surface area contributed by atoms with E-state index >= 15 is 0 Å². The highest BCUT2D eigenvalue weighted by atomic mass is 32.2. The minimum atomic E-state index is -3.81. The minimum Gasteiger partial charge on any atom is -0.477 e. The monoisotopic (exact) mass is 412 g/mol. The average Bonchev–Trinajstić information content (AvgIpc) is 3.22. The molecular formula is C20H16N2O4S2. The van der Waals surface area contributed by atoms with Gasteiger partial charge in [-0.15, -0.1) is 11.3 Å². The van der Waals surface area contributed by atoms with Crippen molar-refractivity contribution in [3.8, 4) is 16.1 Å². The van der Waals surface area contributed by atoms with Crippen molar-refractivity contribution in [3.05, 3.63) is 71.2 Å². The van der Waals surface area contributed by atoms with Gasteiger partial charge in [0.25, 0.3) is 0 Å². The van der Waals surface area contributed by atoms with Crippen molar-refractivity contribution in [3.63, 3.8) is 0 Å². The molecule has 2 aromatic heterocycles. The third-order valence-electron chi connectivity index (χ3n) is 4.61. The Morgan fingerprint density at radius 2 is 1.75 bits per heavy atom. The normalized spacial score (nSPS) is 11.8. The first kappa shape index (κ1) is 18.4. The second-order valence-corrected chi connectivity index (χ2v) is 8.92. The number of nitrogens with two attached hydrogens (primary N) is 1. The number of aromatic carboxylic acids is 1. The first-order valence-electron chi connectivity index (χ1n) is 8.34. The third kappa shape index (κ3) is 3.01. The van der Waals surface area contributed by atoms with Crippen molar-refractivity contribution in [1.29, 1.82) is 0 Å². The maximum absolute atomic E-state index is 11.9. The van der Waals surface area contributed by atoms with Gasteiger partial charge in [0.1, 0.15) is 9.88 Å². The Labute approximate surface area is 165 Å². The summed E-state index contributed by atoms with van der Waals surface area (Å²) in [7, 11) is -3.81. The summed E-state index contributed by atoms with van der Waals surface area (Å²) in [6, 6.07) is 15.8. The summed E-state index contributed by atoms with van der Waals surface area (Å²) >= 11 is 1.19. The molecule has 0 aliphatic carbocycles. The van der Waals surface area contributed by atoms with Crippen molar-refractivity contribution in [1.82, 2.24) is 4.57 Å². The summed E-state index contributed by atoms with van der Waals surface area (Å²) in [5.74, 6) is -1.03. The number of hydrogen-bond donors (Lipinski definition) is 2. The number of benzene rings is 2. The molecule has 0 spiro atoms. The van der Waals surface area contributed by atoms with Crippen LogP contribution < -0.4 is 5.14 Å². The van der Waals surface area contributed by atoms with Crippen LogP contribution in [0, 0.1) is 6.92 Å². The Hall–Kier alpha value is -2.94. The molecule has 0 saturated carbocycles. The maximum Gasteiger partial charge on any atom is 0.346 e. The number of carbonyl (C=O) groups is 1. The smallest absolute Gasteiger partial charge is 0.346 e. The summed E-state index contributed by atoms with van der Waals surface area (Å²) < 4.78 is 25.0. The van der Waals surface area contributed by atoms with Crippen LogP contribution in [0.3, 0.4) is 0 Å². The molecular weight excluding hydrogens is 396 g/mol. The Balaban J connectivity index is 1.92. The van der Waals surface area contributed by atoms with E-state index in [1.165, 1.54) is 23.5 Å². The maximum atomic E-state index is 11.9. The first-order chi connectivity index (χ1) is 13.3. The largest absolute Gasteiger partial charge is 0.477 e. The molecule has 0 fully saturated rings. The van der Waals surface area contributed by atoms with E-state index in [4.69, 9.17) is 5.14 Å². The number of carboxylic acid groups (broad SMARTS) is 1. The first-order valence-corrected chi connectivity index (χ1v) is 10.7. The molecule has 0 unspecified atom stereocenters. The zero-order valence-corrected chi connectivity index (χ0v) is 16.4.